The van der Waals surface area contributed by atoms with Crippen LogP contribution in [-0.2, 0) is 0 Å². The van der Waals surface area contributed by atoms with E-state index in [1.807, 2.05) is 17.9 Å². The van der Waals surface area contributed by atoms with Crippen molar-refractivity contribution in [1.82, 2.24) is 14.8 Å². The van der Waals surface area contributed by atoms with Gasteiger partial charge in [0.15, 0.2) is 0 Å². The lowest BCUT2D eigenvalue weighted by molar-refractivity contribution is 0.0765. The van der Waals surface area contributed by atoms with Crippen molar-refractivity contribution in [3.63, 3.8) is 0 Å². The Morgan fingerprint density at radius 1 is 1.09 bits per heavy atom. The summed E-state index contributed by atoms with van der Waals surface area (Å²) in [4.78, 5) is 14.9. The minimum absolute atomic E-state index is 0.153. The van der Waals surface area contributed by atoms with Gasteiger partial charge in [-0.3, -0.25) is 4.79 Å². The van der Waals surface area contributed by atoms with E-state index in [1.54, 1.807) is 0 Å². The Kier molecular flexibility index (Phi) is 4.53. The van der Waals surface area contributed by atoms with E-state index in [2.05, 4.69) is 48.0 Å². The number of benzene rings is 1. The molecular formula is C19H25N3O. The van der Waals surface area contributed by atoms with Gasteiger partial charge < -0.3 is 14.8 Å². The van der Waals surface area contributed by atoms with Crippen LogP contribution in [0.1, 0.15) is 33.7 Å². The van der Waals surface area contributed by atoms with E-state index in [0.717, 1.165) is 55.2 Å². The van der Waals surface area contributed by atoms with Gasteiger partial charge in [-0.05, 0) is 57.5 Å². The summed E-state index contributed by atoms with van der Waals surface area (Å²) in [5.74, 6) is 0.153. The number of aromatic nitrogens is 1. The molecule has 2 heterocycles. The van der Waals surface area contributed by atoms with Crippen molar-refractivity contribution in [2.75, 3.05) is 26.2 Å². The van der Waals surface area contributed by atoms with Crippen molar-refractivity contribution in [2.45, 2.75) is 27.2 Å². The molecule has 0 bridgehead atoms. The van der Waals surface area contributed by atoms with Gasteiger partial charge in [0.2, 0.25) is 0 Å². The average Bonchev–Trinajstić information content (AvgIpc) is 2.72. The van der Waals surface area contributed by atoms with E-state index in [-0.39, 0.29) is 5.91 Å². The third-order valence-corrected chi connectivity index (χ3v) is 4.55. The van der Waals surface area contributed by atoms with Crippen molar-refractivity contribution in [1.29, 1.82) is 0 Å². The molecule has 1 aromatic heterocycles. The van der Waals surface area contributed by atoms with E-state index >= 15 is 0 Å². The molecule has 0 spiro atoms. The summed E-state index contributed by atoms with van der Waals surface area (Å²) in [6, 6.07) is 10.4. The van der Waals surface area contributed by atoms with Gasteiger partial charge in [0.05, 0.1) is 5.56 Å². The molecule has 1 aliphatic rings. The van der Waals surface area contributed by atoms with Crippen LogP contribution in [0.15, 0.2) is 30.3 Å². The number of amides is 1. The number of carbonyl (C=O) groups excluding carboxylic acids is 1. The smallest absolute Gasteiger partial charge is 0.255 e. The maximum absolute atomic E-state index is 12.9. The number of hydrogen-bond acceptors (Lipinski definition) is 2. The SMILES string of the molecule is Cc1cccc(-n2c(C)cc(C(=O)N3CCCNCC3)c2C)c1. The van der Waals surface area contributed by atoms with Crippen LogP contribution < -0.4 is 5.32 Å². The van der Waals surface area contributed by atoms with Gasteiger partial charge in [0.25, 0.3) is 5.91 Å². The van der Waals surface area contributed by atoms with E-state index in [0.29, 0.717) is 0 Å². The standard InChI is InChI=1S/C19H25N3O/c1-14-6-4-7-17(12-14)22-15(2)13-18(16(22)3)19(23)21-10-5-8-20-9-11-21/h4,6-7,12-13,20H,5,8-11H2,1-3H3. The summed E-state index contributed by atoms with van der Waals surface area (Å²) >= 11 is 0. The summed E-state index contributed by atoms with van der Waals surface area (Å²) in [6.07, 6.45) is 1.02. The van der Waals surface area contributed by atoms with Crippen LogP contribution in [0.2, 0.25) is 0 Å². The molecule has 1 aliphatic heterocycles. The molecule has 1 aromatic carbocycles. The number of aryl methyl sites for hydroxylation is 2. The van der Waals surface area contributed by atoms with Crippen molar-refractivity contribution in [2.24, 2.45) is 0 Å². The van der Waals surface area contributed by atoms with E-state index in [4.69, 9.17) is 0 Å². The Bertz CT molecular complexity index is 709. The average molecular weight is 311 g/mol. The number of carbonyl (C=O) groups is 1. The highest BCUT2D eigenvalue weighted by atomic mass is 16.2. The molecule has 0 aliphatic carbocycles. The molecule has 1 fully saturated rings. The molecule has 1 amide bonds. The highest BCUT2D eigenvalue weighted by Crippen LogP contribution is 2.23. The molecule has 0 unspecified atom stereocenters. The van der Waals surface area contributed by atoms with Crippen LogP contribution >= 0.6 is 0 Å². The zero-order valence-corrected chi connectivity index (χ0v) is 14.2. The summed E-state index contributed by atoms with van der Waals surface area (Å²) < 4.78 is 2.18. The van der Waals surface area contributed by atoms with Gasteiger partial charge in [0.1, 0.15) is 0 Å². The molecule has 23 heavy (non-hydrogen) atoms. The quantitative estimate of drug-likeness (QED) is 0.926. The molecule has 1 saturated heterocycles. The monoisotopic (exact) mass is 311 g/mol. The van der Waals surface area contributed by atoms with Crippen molar-refractivity contribution in [3.8, 4) is 5.69 Å². The van der Waals surface area contributed by atoms with Gasteiger partial charge in [0, 0.05) is 36.7 Å². The third kappa shape index (κ3) is 3.17. The van der Waals surface area contributed by atoms with Crippen LogP contribution in [0.25, 0.3) is 5.69 Å². The Balaban J connectivity index is 1.95. The minimum atomic E-state index is 0.153. The van der Waals surface area contributed by atoms with Crippen LogP contribution in [0.4, 0.5) is 0 Å². The first-order valence-electron chi connectivity index (χ1n) is 8.34. The summed E-state index contributed by atoms with van der Waals surface area (Å²) in [5, 5.41) is 3.35. The Morgan fingerprint density at radius 3 is 2.70 bits per heavy atom. The number of nitrogens with one attached hydrogen (secondary N) is 1. The lowest BCUT2D eigenvalue weighted by atomic mass is 10.2. The van der Waals surface area contributed by atoms with Gasteiger partial charge in [-0.15, -0.1) is 0 Å². The molecule has 3 rings (SSSR count). The zero-order valence-electron chi connectivity index (χ0n) is 14.2. The largest absolute Gasteiger partial charge is 0.337 e. The summed E-state index contributed by atoms with van der Waals surface area (Å²) in [7, 11) is 0. The first-order chi connectivity index (χ1) is 11.1. The van der Waals surface area contributed by atoms with Gasteiger partial charge in [-0.25, -0.2) is 0 Å². The van der Waals surface area contributed by atoms with Crippen LogP contribution in [0, 0.1) is 20.8 Å². The number of nitrogens with zero attached hydrogens (tertiary/aromatic N) is 2. The fourth-order valence-electron chi connectivity index (χ4n) is 3.36. The lowest BCUT2D eigenvalue weighted by Gasteiger charge is -2.20. The van der Waals surface area contributed by atoms with E-state index in [1.165, 1.54) is 5.56 Å². The molecule has 0 atom stereocenters. The second-order valence-corrected chi connectivity index (χ2v) is 6.35. The molecule has 122 valence electrons. The first-order valence-corrected chi connectivity index (χ1v) is 8.34. The van der Waals surface area contributed by atoms with Crippen molar-refractivity contribution in [3.05, 3.63) is 52.8 Å². The normalized spacial score (nSPS) is 15.5. The fraction of sp³-hybridized carbons (Fsp3) is 0.421. The summed E-state index contributed by atoms with van der Waals surface area (Å²) in [6.45, 7) is 9.68. The second-order valence-electron chi connectivity index (χ2n) is 6.35. The number of hydrogen-bond donors (Lipinski definition) is 1. The van der Waals surface area contributed by atoms with E-state index in [9.17, 15) is 4.79 Å². The Hall–Kier alpha value is -2.07. The summed E-state index contributed by atoms with van der Waals surface area (Å²) in [5.41, 5.74) is 5.30. The maximum atomic E-state index is 12.9. The zero-order chi connectivity index (χ0) is 16.4. The van der Waals surface area contributed by atoms with Crippen LogP contribution in [0.3, 0.4) is 0 Å². The Labute approximate surface area is 138 Å². The van der Waals surface area contributed by atoms with Crippen LogP contribution in [0.5, 0.6) is 0 Å². The molecule has 2 aromatic rings. The highest BCUT2D eigenvalue weighted by Gasteiger charge is 2.22. The molecular weight excluding hydrogens is 286 g/mol. The molecule has 0 saturated carbocycles. The van der Waals surface area contributed by atoms with Gasteiger partial charge in [-0.1, -0.05) is 12.1 Å². The molecule has 4 heteroatoms. The topological polar surface area (TPSA) is 37.3 Å². The predicted molar refractivity (Wildman–Crippen MR) is 93.4 cm³/mol. The first kappa shape index (κ1) is 15.8. The van der Waals surface area contributed by atoms with E-state index < -0.39 is 0 Å². The van der Waals surface area contributed by atoms with Crippen molar-refractivity contribution >= 4 is 5.91 Å². The minimum Gasteiger partial charge on any atom is -0.337 e. The highest BCUT2D eigenvalue weighted by molar-refractivity contribution is 5.96. The van der Waals surface area contributed by atoms with Gasteiger partial charge >= 0.3 is 0 Å². The lowest BCUT2D eigenvalue weighted by Crippen LogP contribution is -2.34. The fourth-order valence-corrected chi connectivity index (χ4v) is 3.36. The molecule has 0 radical (unpaired) electrons. The second kappa shape index (κ2) is 6.59. The maximum Gasteiger partial charge on any atom is 0.255 e. The third-order valence-electron chi connectivity index (χ3n) is 4.55. The van der Waals surface area contributed by atoms with Gasteiger partial charge in [-0.2, -0.15) is 0 Å². The van der Waals surface area contributed by atoms with Crippen LogP contribution in [-0.4, -0.2) is 41.6 Å². The number of rotatable bonds is 2. The predicted octanol–water partition coefficient (Wildman–Crippen LogP) is 2.84. The Morgan fingerprint density at radius 2 is 1.91 bits per heavy atom. The van der Waals surface area contributed by atoms with Crippen molar-refractivity contribution < 1.29 is 4.79 Å². The molecule has 1 N–H and O–H groups in total. The molecule has 4 nitrogen and oxygen atoms in total.